The molecule has 0 aromatic carbocycles. The van der Waals surface area contributed by atoms with E-state index in [1.807, 2.05) is 20.8 Å². The summed E-state index contributed by atoms with van der Waals surface area (Å²) in [5, 5.41) is 5.66. The van der Waals surface area contributed by atoms with Gasteiger partial charge in [-0.1, -0.05) is 20.1 Å². The average Bonchev–Trinajstić information content (AvgIpc) is 2.79. The van der Waals surface area contributed by atoms with Crippen molar-refractivity contribution in [3.8, 4) is 0 Å². The van der Waals surface area contributed by atoms with Crippen LogP contribution in [0.3, 0.4) is 0 Å². The van der Waals surface area contributed by atoms with E-state index in [1.54, 1.807) is 27.7 Å². The quantitative estimate of drug-likeness (QED) is 0.121. The van der Waals surface area contributed by atoms with Crippen molar-refractivity contribution in [1.29, 1.82) is 0 Å². The second-order valence-corrected chi connectivity index (χ2v) is 9.75. The Morgan fingerprint density at radius 1 is 0.784 bits per heavy atom. The highest BCUT2D eigenvalue weighted by atomic mass is 16.6. The molecule has 10 heteroatoms. The van der Waals surface area contributed by atoms with E-state index in [4.69, 9.17) is 18.9 Å². The molecule has 0 aliphatic heterocycles. The molecule has 0 spiro atoms. The van der Waals surface area contributed by atoms with Crippen LogP contribution in [0.15, 0.2) is 24.3 Å². The molecule has 0 radical (unpaired) electrons. The molecule has 0 rings (SSSR count). The summed E-state index contributed by atoms with van der Waals surface area (Å²) in [4.78, 5) is 48.1. The van der Waals surface area contributed by atoms with Gasteiger partial charge in [0.25, 0.3) is 0 Å². The van der Waals surface area contributed by atoms with Crippen molar-refractivity contribution in [3.63, 3.8) is 0 Å². The number of nitrogens with one attached hydrogen (secondary N) is 2. The molecule has 0 aromatic heterocycles. The Hall–Kier alpha value is -3.04. The van der Waals surface area contributed by atoms with Crippen LogP contribution in [0.25, 0.3) is 0 Å². The zero-order valence-electron chi connectivity index (χ0n) is 23.6. The van der Waals surface area contributed by atoms with E-state index < -0.39 is 35.1 Å². The van der Waals surface area contributed by atoms with Crippen LogP contribution < -0.4 is 10.6 Å². The molecule has 0 aliphatic rings. The second kappa shape index (κ2) is 16.7. The maximum atomic E-state index is 12.4. The first-order valence-electron chi connectivity index (χ1n) is 12.7. The molecule has 0 aromatic rings. The normalized spacial score (nSPS) is 13.4. The van der Waals surface area contributed by atoms with E-state index in [-0.39, 0.29) is 32.3 Å². The molecular formula is C27H46N2O8. The van der Waals surface area contributed by atoms with E-state index in [1.165, 1.54) is 0 Å². The Kier molecular flexibility index (Phi) is 15.3. The van der Waals surface area contributed by atoms with Crippen molar-refractivity contribution >= 4 is 24.1 Å². The first kappa shape index (κ1) is 34.0. The minimum Gasteiger partial charge on any atom is -0.462 e. The first-order chi connectivity index (χ1) is 17.2. The van der Waals surface area contributed by atoms with E-state index in [9.17, 15) is 19.2 Å². The summed E-state index contributed by atoms with van der Waals surface area (Å²) in [6, 6.07) is 0. The maximum Gasteiger partial charge on any atom is 0.407 e. The van der Waals surface area contributed by atoms with Crippen LogP contribution in [0.2, 0.25) is 0 Å². The molecule has 37 heavy (non-hydrogen) atoms. The van der Waals surface area contributed by atoms with Crippen LogP contribution in [0, 0.1) is 11.3 Å². The zero-order chi connectivity index (χ0) is 28.6. The van der Waals surface area contributed by atoms with Crippen LogP contribution in [0.5, 0.6) is 0 Å². The minimum atomic E-state index is -0.813. The summed E-state index contributed by atoms with van der Waals surface area (Å²) in [5.41, 5.74) is -0.867. The first-order valence-corrected chi connectivity index (χ1v) is 12.7. The summed E-state index contributed by atoms with van der Waals surface area (Å²) in [7, 11) is 0. The standard InChI is InChI=1S/C27H46N2O8/c1-10-34-24(32)28-16-12-13-21(14-17-36-22(30)19(3)4)27(9,15-18-37-23(31)20(5)6)26(7,8)29-25(33)35-11-2/h21H,3,5,10-18H2,1-2,4,6-9H3,(H,28,32)(H,29,33). The average molecular weight is 527 g/mol. The highest BCUT2D eigenvalue weighted by Gasteiger charge is 2.47. The van der Waals surface area contributed by atoms with Gasteiger partial charge in [-0.2, -0.15) is 0 Å². The van der Waals surface area contributed by atoms with Crippen molar-refractivity contribution in [2.45, 2.75) is 79.7 Å². The van der Waals surface area contributed by atoms with Crippen LogP contribution in [-0.4, -0.2) is 62.6 Å². The van der Waals surface area contributed by atoms with Crippen molar-refractivity contribution in [3.05, 3.63) is 24.3 Å². The van der Waals surface area contributed by atoms with Crippen LogP contribution in [0.1, 0.15) is 74.1 Å². The van der Waals surface area contributed by atoms with Crippen molar-refractivity contribution < 1.29 is 38.1 Å². The van der Waals surface area contributed by atoms with Gasteiger partial charge in [-0.25, -0.2) is 19.2 Å². The Bertz CT molecular complexity index is 808. The zero-order valence-corrected chi connectivity index (χ0v) is 23.6. The molecule has 0 saturated carbocycles. The molecule has 2 amide bonds. The van der Waals surface area contributed by atoms with E-state index in [0.717, 1.165) is 0 Å². The van der Waals surface area contributed by atoms with Crippen LogP contribution >= 0.6 is 0 Å². The minimum absolute atomic E-state index is 0.0965. The molecule has 212 valence electrons. The smallest absolute Gasteiger partial charge is 0.407 e. The third-order valence-electron chi connectivity index (χ3n) is 6.54. The number of carbonyl (C=O) groups excluding carboxylic acids is 4. The SMILES string of the molecule is C=C(C)C(=O)OCCC(CCCNC(=O)OCC)C(C)(CCOC(=O)C(=C)C)C(C)(C)NC(=O)OCC. The highest BCUT2D eigenvalue weighted by Crippen LogP contribution is 2.45. The number of ether oxygens (including phenoxy) is 4. The highest BCUT2D eigenvalue weighted by molar-refractivity contribution is 5.87. The molecule has 0 saturated heterocycles. The summed E-state index contributed by atoms with van der Waals surface area (Å²) >= 11 is 0. The predicted molar refractivity (Wildman–Crippen MR) is 141 cm³/mol. The molecule has 0 aliphatic carbocycles. The van der Waals surface area contributed by atoms with Gasteiger partial charge in [0.1, 0.15) is 0 Å². The number of carbonyl (C=O) groups is 4. The molecule has 0 fully saturated rings. The predicted octanol–water partition coefficient (Wildman–Crippen LogP) is 4.68. The lowest BCUT2D eigenvalue weighted by molar-refractivity contribution is -0.142. The van der Waals surface area contributed by atoms with Crippen LogP contribution in [-0.2, 0) is 28.5 Å². The van der Waals surface area contributed by atoms with Gasteiger partial charge in [0.2, 0.25) is 0 Å². The van der Waals surface area contributed by atoms with Gasteiger partial charge in [-0.15, -0.1) is 0 Å². The van der Waals surface area contributed by atoms with Gasteiger partial charge in [0, 0.05) is 23.2 Å². The molecule has 0 bridgehead atoms. The number of rotatable bonds is 17. The Balaban J connectivity index is 5.91. The van der Waals surface area contributed by atoms with Gasteiger partial charge >= 0.3 is 24.1 Å². The number of amides is 2. The van der Waals surface area contributed by atoms with Crippen molar-refractivity contribution in [2.24, 2.45) is 11.3 Å². The fourth-order valence-corrected chi connectivity index (χ4v) is 3.99. The van der Waals surface area contributed by atoms with E-state index >= 15 is 0 Å². The summed E-state index contributed by atoms with van der Waals surface area (Å²) in [5.74, 6) is -1.09. The number of esters is 2. The van der Waals surface area contributed by atoms with E-state index in [2.05, 4.69) is 23.8 Å². The van der Waals surface area contributed by atoms with Gasteiger partial charge < -0.3 is 29.6 Å². The third-order valence-corrected chi connectivity index (χ3v) is 6.54. The molecular weight excluding hydrogens is 480 g/mol. The van der Waals surface area contributed by atoms with Gasteiger partial charge in [0.05, 0.1) is 26.4 Å². The lowest BCUT2D eigenvalue weighted by Gasteiger charge is -2.49. The number of hydrogen-bond donors (Lipinski definition) is 2. The summed E-state index contributed by atoms with van der Waals surface area (Å²) in [6.45, 7) is 20.7. The Labute approximate surface area is 221 Å². The monoisotopic (exact) mass is 526 g/mol. The fraction of sp³-hybridized carbons (Fsp3) is 0.704. The molecule has 0 heterocycles. The lowest BCUT2D eigenvalue weighted by atomic mass is 9.60. The third kappa shape index (κ3) is 12.2. The summed E-state index contributed by atoms with van der Waals surface area (Å²) in [6.07, 6.45) is 1.04. The Morgan fingerprint density at radius 2 is 1.30 bits per heavy atom. The number of alkyl carbamates (subject to hydrolysis) is 2. The lowest BCUT2D eigenvalue weighted by Crippen LogP contribution is -2.58. The van der Waals surface area contributed by atoms with Crippen molar-refractivity contribution in [1.82, 2.24) is 10.6 Å². The topological polar surface area (TPSA) is 129 Å². The fourth-order valence-electron chi connectivity index (χ4n) is 3.99. The number of hydrogen-bond acceptors (Lipinski definition) is 8. The molecule has 10 nitrogen and oxygen atoms in total. The largest absolute Gasteiger partial charge is 0.462 e. The van der Waals surface area contributed by atoms with E-state index in [0.29, 0.717) is 43.4 Å². The van der Waals surface area contributed by atoms with Crippen LogP contribution in [0.4, 0.5) is 9.59 Å². The Morgan fingerprint density at radius 3 is 1.81 bits per heavy atom. The van der Waals surface area contributed by atoms with Crippen molar-refractivity contribution in [2.75, 3.05) is 33.0 Å². The van der Waals surface area contributed by atoms with Gasteiger partial charge in [0.15, 0.2) is 0 Å². The second-order valence-electron chi connectivity index (χ2n) is 9.75. The molecule has 2 atom stereocenters. The summed E-state index contributed by atoms with van der Waals surface area (Å²) < 4.78 is 20.8. The maximum absolute atomic E-state index is 12.4. The van der Waals surface area contributed by atoms with Gasteiger partial charge in [-0.05, 0) is 78.6 Å². The van der Waals surface area contributed by atoms with Gasteiger partial charge in [-0.3, -0.25) is 0 Å². The molecule has 2 unspecified atom stereocenters. The molecule has 2 N–H and O–H groups in total.